The minimum absolute atomic E-state index is 0.0919. The van der Waals surface area contributed by atoms with E-state index in [1.165, 1.54) is 49.5 Å². The number of nitrogens with one attached hydrogen (secondary N) is 2. The molecular weight excluding hydrogens is 364 g/mol. The van der Waals surface area contributed by atoms with Crippen LogP contribution in [0.15, 0.2) is 66.6 Å². The molecule has 0 saturated heterocycles. The molecule has 2 aromatic rings. The average Bonchev–Trinajstić information content (AvgIpc) is 2.66. The number of rotatable bonds is 4. The standard InChI is InChI=1S/C18H18N6O4/c1-6-7-8-9-12(19-13-10-15(25)23(4)17(27)21(13)2)20-14-11-16(26)24(5)18(28)22(14)3/h10-11,19-20H,1H2,2-5H3. The first-order valence-electron chi connectivity index (χ1n) is 7.90. The van der Waals surface area contributed by atoms with E-state index in [4.69, 9.17) is 0 Å². The molecule has 10 heteroatoms. The molecule has 10 nitrogen and oxygen atoms in total. The van der Waals surface area contributed by atoms with Gasteiger partial charge in [0.1, 0.15) is 11.6 Å². The largest absolute Gasteiger partial charge is 0.332 e. The molecule has 0 aliphatic rings. The summed E-state index contributed by atoms with van der Waals surface area (Å²) in [6, 6.07) is 2.42. The van der Waals surface area contributed by atoms with E-state index in [1.807, 2.05) is 0 Å². The molecule has 0 radical (unpaired) electrons. The Hall–Kier alpha value is -4.18. The van der Waals surface area contributed by atoms with Gasteiger partial charge in [0.2, 0.25) is 0 Å². The van der Waals surface area contributed by atoms with Gasteiger partial charge in [-0.2, -0.15) is 0 Å². The highest BCUT2D eigenvalue weighted by Crippen LogP contribution is 2.08. The molecule has 2 N–H and O–H groups in total. The van der Waals surface area contributed by atoms with Crippen molar-refractivity contribution in [2.45, 2.75) is 0 Å². The lowest BCUT2D eigenvalue weighted by Gasteiger charge is -2.16. The third-order valence-electron chi connectivity index (χ3n) is 3.90. The van der Waals surface area contributed by atoms with Crippen LogP contribution in [0.2, 0.25) is 0 Å². The first-order chi connectivity index (χ1) is 13.2. The molecule has 0 fully saturated rings. The molecule has 2 aromatic heterocycles. The van der Waals surface area contributed by atoms with Crippen molar-refractivity contribution in [3.05, 3.63) is 89.1 Å². The van der Waals surface area contributed by atoms with Crippen molar-refractivity contribution >= 4 is 11.6 Å². The molecule has 0 saturated carbocycles. The van der Waals surface area contributed by atoms with Gasteiger partial charge in [-0.1, -0.05) is 5.73 Å². The maximum Gasteiger partial charge on any atom is 0.332 e. The van der Waals surface area contributed by atoms with Crippen LogP contribution < -0.4 is 33.1 Å². The smallest absolute Gasteiger partial charge is 0.320 e. The van der Waals surface area contributed by atoms with Gasteiger partial charge >= 0.3 is 11.4 Å². The van der Waals surface area contributed by atoms with E-state index in [9.17, 15) is 19.2 Å². The summed E-state index contributed by atoms with van der Waals surface area (Å²) in [6.45, 7) is 3.35. The van der Waals surface area contributed by atoms with Crippen LogP contribution in [-0.2, 0) is 28.2 Å². The number of nitrogens with zero attached hydrogens (tertiary/aromatic N) is 4. The van der Waals surface area contributed by atoms with Crippen LogP contribution in [0, 0.1) is 0 Å². The summed E-state index contributed by atoms with van der Waals surface area (Å²) in [7, 11) is 5.66. The van der Waals surface area contributed by atoms with Gasteiger partial charge < -0.3 is 10.6 Å². The topological polar surface area (TPSA) is 112 Å². The zero-order valence-corrected chi connectivity index (χ0v) is 15.8. The second-order valence-electron chi connectivity index (χ2n) is 5.71. The van der Waals surface area contributed by atoms with Gasteiger partial charge in [0.15, 0.2) is 5.82 Å². The summed E-state index contributed by atoms with van der Waals surface area (Å²) in [4.78, 5) is 48.0. The molecule has 0 aliphatic heterocycles. The van der Waals surface area contributed by atoms with E-state index in [0.717, 1.165) is 9.13 Å². The zero-order valence-electron chi connectivity index (χ0n) is 15.8. The minimum atomic E-state index is -0.541. The van der Waals surface area contributed by atoms with Gasteiger partial charge in [-0.15, -0.1) is 0 Å². The Kier molecular flexibility index (Phi) is 5.76. The predicted octanol–water partition coefficient (Wildman–Crippen LogP) is -0.903. The fourth-order valence-corrected chi connectivity index (χ4v) is 2.19. The summed E-state index contributed by atoms with van der Waals surface area (Å²) in [5, 5.41) is 5.63. The zero-order chi connectivity index (χ0) is 21.0. The Morgan fingerprint density at radius 1 is 0.786 bits per heavy atom. The highest BCUT2D eigenvalue weighted by atomic mass is 16.2. The Balaban J connectivity index is 2.64. The van der Waals surface area contributed by atoms with E-state index in [2.05, 4.69) is 40.1 Å². The predicted molar refractivity (Wildman–Crippen MR) is 104 cm³/mol. The Morgan fingerprint density at radius 2 is 1.21 bits per heavy atom. The number of aromatic nitrogens is 4. The third-order valence-corrected chi connectivity index (χ3v) is 3.90. The summed E-state index contributed by atoms with van der Waals surface area (Å²) >= 11 is 0. The summed E-state index contributed by atoms with van der Waals surface area (Å²) in [5.41, 5.74) is 7.88. The lowest BCUT2D eigenvalue weighted by atomic mass is 10.4. The van der Waals surface area contributed by atoms with Crippen LogP contribution in [0.1, 0.15) is 0 Å². The summed E-state index contributed by atoms with van der Waals surface area (Å²) < 4.78 is 4.31. The Labute approximate surface area is 158 Å². The van der Waals surface area contributed by atoms with Crippen LogP contribution >= 0.6 is 0 Å². The van der Waals surface area contributed by atoms with Gasteiger partial charge in [-0.25, -0.2) is 9.59 Å². The van der Waals surface area contributed by atoms with Gasteiger partial charge in [0, 0.05) is 40.3 Å². The van der Waals surface area contributed by atoms with E-state index in [1.54, 1.807) is 0 Å². The fourth-order valence-electron chi connectivity index (χ4n) is 2.19. The first-order valence-corrected chi connectivity index (χ1v) is 7.90. The van der Waals surface area contributed by atoms with E-state index in [0.29, 0.717) is 0 Å². The molecule has 0 amide bonds. The van der Waals surface area contributed by atoms with Crippen molar-refractivity contribution in [2.24, 2.45) is 28.2 Å². The van der Waals surface area contributed by atoms with E-state index >= 15 is 0 Å². The lowest BCUT2D eigenvalue weighted by molar-refractivity contribution is 0.688. The van der Waals surface area contributed by atoms with Crippen molar-refractivity contribution in [3.8, 4) is 0 Å². The molecule has 0 bridgehead atoms. The molecule has 2 heterocycles. The third kappa shape index (κ3) is 3.97. The SMILES string of the molecule is C=C=C=C=C=C(Nc1cc(=O)n(C)c(=O)n1C)Nc1cc(=O)n(C)c(=O)n1C. The molecule has 0 unspecified atom stereocenters. The lowest BCUT2D eigenvalue weighted by Crippen LogP contribution is -2.38. The first kappa shape index (κ1) is 20.1. The number of anilines is 2. The van der Waals surface area contributed by atoms with E-state index < -0.39 is 22.5 Å². The van der Waals surface area contributed by atoms with Crippen LogP contribution in [0.25, 0.3) is 0 Å². The monoisotopic (exact) mass is 382 g/mol. The second-order valence-corrected chi connectivity index (χ2v) is 5.71. The van der Waals surface area contributed by atoms with Gasteiger partial charge in [0.25, 0.3) is 11.1 Å². The van der Waals surface area contributed by atoms with Crippen molar-refractivity contribution in [2.75, 3.05) is 10.6 Å². The van der Waals surface area contributed by atoms with Gasteiger partial charge in [0.05, 0.1) is 0 Å². The average molecular weight is 382 g/mol. The normalized spacial score (nSPS) is 9.57. The fraction of sp³-hybridized carbons (Fsp3) is 0.222. The molecule has 0 aromatic carbocycles. The molecule has 0 atom stereocenters. The van der Waals surface area contributed by atoms with Gasteiger partial charge in [-0.05, 0) is 23.8 Å². The van der Waals surface area contributed by atoms with Crippen molar-refractivity contribution in [1.29, 1.82) is 0 Å². The second kappa shape index (κ2) is 8.01. The summed E-state index contributed by atoms with van der Waals surface area (Å²) in [5.74, 6) is 0.400. The van der Waals surface area contributed by atoms with Crippen molar-refractivity contribution < 1.29 is 0 Å². The Morgan fingerprint density at radius 3 is 1.61 bits per heavy atom. The highest BCUT2D eigenvalue weighted by molar-refractivity contribution is 5.50. The minimum Gasteiger partial charge on any atom is -0.320 e. The molecule has 28 heavy (non-hydrogen) atoms. The molecule has 144 valence electrons. The van der Waals surface area contributed by atoms with Crippen LogP contribution in [-0.4, -0.2) is 18.3 Å². The molecule has 0 aliphatic carbocycles. The molecular formula is C18H18N6O4. The Bertz CT molecular complexity index is 1260. The van der Waals surface area contributed by atoms with Crippen LogP contribution in [0.3, 0.4) is 0 Å². The highest BCUT2D eigenvalue weighted by Gasteiger charge is 2.10. The molecule has 2 rings (SSSR count). The van der Waals surface area contributed by atoms with Crippen LogP contribution in [0.4, 0.5) is 11.6 Å². The van der Waals surface area contributed by atoms with Crippen molar-refractivity contribution in [3.63, 3.8) is 0 Å². The maximum absolute atomic E-state index is 12.1. The maximum atomic E-state index is 12.1. The summed E-state index contributed by atoms with van der Waals surface area (Å²) in [6.07, 6.45) is 0. The molecule has 0 spiro atoms. The number of hydrogen-bond acceptors (Lipinski definition) is 6. The number of hydrogen-bond donors (Lipinski definition) is 2. The van der Waals surface area contributed by atoms with E-state index in [-0.39, 0.29) is 17.5 Å². The van der Waals surface area contributed by atoms with Gasteiger partial charge in [-0.3, -0.25) is 27.9 Å². The quantitative estimate of drug-likeness (QED) is 0.663. The van der Waals surface area contributed by atoms with Crippen LogP contribution in [0.5, 0.6) is 0 Å². The van der Waals surface area contributed by atoms with Crippen molar-refractivity contribution in [1.82, 2.24) is 18.3 Å².